The number of pyridine rings is 1. The highest BCUT2D eigenvalue weighted by Crippen LogP contribution is 2.33. The van der Waals surface area contributed by atoms with Crippen molar-refractivity contribution in [2.45, 2.75) is 44.8 Å². The van der Waals surface area contributed by atoms with Crippen LogP contribution in [0.5, 0.6) is 5.75 Å². The molecule has 0 saturated carbocycles. The Bertz CT molecular complexity index is 1030. The van der Waals surface area contributed by atoms with E-state index < -0.39 is 44.9 Å². The Morgan fingerprint density at radius 3 is 2.34 bits per heavy atom. The molecule has 2 rings (SSSR count). The van der Waals surface area contributed by atoms with E-state index >= 15 is 0 Å². The molecule has 1 aromatic carbocycles. The molecule has 0 aliphatic carbocycles. The van der Waals surface area contributed by atoms with Gasteiger partial charge in [-0.3, -0.25) is 0 Å². The van der Waals surface area contributed by atoms with Crippen molar-refractivity contribution >= 4 is 27.1 Å². The van der Waals surface area contributed by atoms with Gasteiger partial charge in [0.2, 0.25) is 0 Å². The zero-order valence-electron chi connectivity index (χ0n) is 15.8. The van der Waals surface area contributed by atoms with E-state index in [0.29, 0.717) is 0 Å². The normalized spacial score (nSPS) is 13.8. The molecule has 1 atom stereocenters. The molecule has 7 nitrogen and oxygen atoms in total. The van der Waals surface area contributed by atoms with E-state index in [1.807, 2.05) is 0 Å². The molecule has 1 aromatic heterocycles. The second-order valence-corrected chi connectivity index (χ2v) is 8.60. The van der Waals surface area contributed by atoms with Gasteiger partial charge in [-0.15, -0.1) is 0 Å². The monoisotopic (exact) mass is 438 g/mol. The number of aromatic nitrogens is 1. The standard InChI is InChI=1S/C17H18F4N2O5S/c1-9(22-15(24)27-16(2,3)4)14-13(28-29(25,26)17(19,20)21)8-10-7-11(18)5-6-12(10)23-14/h5-9H,1-4H3,(H,22,24)/t9-/m0/s1. The van der Waals surface area contributed by atoms with Gasteiger partial charge in [0, 0.05) is 5.39 Å². The summed E-state index contributed by atoms with van der Waals surface area (Å²) in [4.78, 5) is 16.0. The molecule has 160 valence electrons. The van der Waals surface area contributed by atoms with Gasteiger partial charge >= 0.3 is 21.7 Å². The van der Waals surface area contributed by atoms with E-state index in [1.54, 1.807) is 20.8 Å². The van der Waals surface area contributed by atoms with Crippen molar-refractivity contribution in [1.29, 1.82) is 0 Å². The van der Waals surface area contributed by atoms with Crippen LogP contribution >= 0.6 is 0 Å². The average Bonchev–Trinajstić information content (AvgIpc) is 2.50. The van der Waals surface area contributed by atoms with Gasteiger partial charge in [-0.2, -0.15) is 21.6 Å². The number of benzene rings is 1. The lowest BCUT2D eigenvalue weighted by atomic mass is 10.1. The molecule has 0 unspecified atom stereocenters. The molecule has 2 aromatic rings. The van der Waals surface area contributed by atoms with Crippen LogP contribution in [0.25, 0.3) is 10.9 Å². The van der Waals surface area contributed by atoms with Crippen molar-refractivity contribution in [3.63, 3.8) is 0 Å². The van der Waals surface area contributed by atoms with Gasteiger partial charge in [-0.25, -0.2) is 14.2 Å². The first-order valence-electron chi connectivity index (χ1n) is 8.19. The summed E-state index contributed by atoms with van der Waals surface area (Å²) in [6.07, 6.45) is -0.907. The van der Waals surface area contributed by atoms with E-state index in [9.17, 15) is 30.8 Å². The van der Waals surface area contributed by atoms with Crippen LogP contribution in [0.15, 0.2) is 24.3 Å². The van der Waals surface area contributed by atoms with E-state index in [0.717, 1.165) is 18.2 Å². The summed E-state index contributed by atoms with van der Waals surface area (Å²) in [6.45, 7) is 6.15. The Labute approximate surface area is 164 Å². The van der Waals surface area contributed by atoms with E-state index in [1.165, 1.54) is 13.0 Å². The van der Waals surface area contributed by atoms with Crippen molar-refractivity contribution in [2.24, 2.45) is 0 Å². The number of amides is 1. The van der Waals surface area contributed by atoms with Crippen molar-refractivity contribution in [1.82, 2.24) is 10.3 Å². The van der Waals surface area contributed by atoms with Crippen LogP contribution in [0.4, 0.5) is 22.4 Å². The van der Waals surface area contributed by atoms with Crippen molar-refractivity contribution in [2.75, 3.05) is 0 Å². The van der Waals surface area contributed by atoms with Gasteiger partial charge in [0.1, 0.15) is 17.1 Å². The summed E-state index contributed by atoms with van der Waals surface area (Å²) in [5.74, 6) is -1.51. The third-order valence-corrected chi connectivity index (χ3v) is 4.36. The number of hydrogen-bond acceptors (Lipinski definition) is 6. The highest BCUT2D eigenvalue weighted by molar-refractivity contribution is 7.88. The number of rotatable bonds is 4. The van der Waals surface area contributed by atoms with Gasteiger partial charge in [0.05, 0.1) is 11.6 Å². The minimum Gasteiger partial charge on any atom is -0.444 e. The fourth-order valence-electron chi connectivity index (χ4n) is 2.24. The Balaban J connectivity index is 2.51. The van der Waals surface area contributed by atoms with Crippen LogP contribution < -0.4 is 9.50 Å². The molecule has 0 bridgehead atoms. The predicted molar refractivity (Wildman–Crippen MR) is 95.1 cm³/mol. The van der Waals surface area contributed by atoms with E-state index in [4.69, 9.17) is 4.74 Å². The zero-order chi connectivity index (χ0) is 22.2. The fourth-order valence-corrected chi connectivity index (χ4v) is 2.70. The maximum Gasteiger partial charge on any atom is 0.534 e. The Morgan fingerprint density at radius 2 is 1.79 bits per heavy atom. The van der Waals surface area contributed by atoms with Crippen LogP contribution in [0.2, 0.25) is 0 Å². The zero-order valence-corrected chi connectivity index (χ0v) is 16.6. The van der Waals surface area contributed by atoms with Crippen LogP contribution in [0, 0.1) is 5.82 Å². The number of halogens is 4. The first-order valence-corrected chi connectivity index (χ1v) is 9.60. The third-order valence-electron chi connectivity index (χ3n) is 3.40. The Kier molecular flexibility index (Phi) is 5.98. The smallest absolute Gasteiger partial charge is 0.444 e. The topological polar surface area (TPSA) is 94.6 Å². The highest BCUT2D eigenvalue weighted by Gasteiger charge is 2.49. The molecule has 1 heterocycles. The van der Waals surface area contributed by atoms with Gasteiger partial charge in [0.15, 0.2) is 5.75 Å². The number of carbonyl (C=O) groups excluding carboxylic acids is 1. The molecule has 29 heavy (non-hydrogen) atoms. The summed E-state index contributed by atoms with van der Waals surface area (Å²) >= 11 is 0. The summed E-state index contributed by atoms with van der Waals surface area (Å²) < 4.78 is 83.8. The molecule has 0 aliphatic heterocycles. The summed E-state index contributed by atoms with van der Waals surface area (Å²) in [6, 6.07) is 3.06. The summed E-state index contributed by atoms with van der Waals surface area (Å²) in [5, 5.41) is 2.35. The van der Waals surface area contributed by atoms with E-state index in [2.05, 4.69) is 14.5 Å². The number of nitrogens with zero attached hydrogens (tertiary/aromatic N) is 1. The molecule has 0 saturated heterocycles. The van der Waals surface area contributed by atoms with Gasteiger partial charge in [-0.05, 0) is 52.0 Å². The summed E-state index contributed by atoms with van der Waals surface area (Å²) in [7, 11) is -6.02. The quantitative estimate of drug-likeness (QED) is 0.437. The molecular weight excluding hydrogens is 420 g/mol. The lowest BCUT2D eigenvalue weighted by Gasteiger charge is -2.23. The van der Waals surface area contributed by atoms with Gasteiger partial charge < -0.3 is 14.2 Å². The second-order valence-electron chi connectivity index (χ2n) is 7.06. The molecule has 12 heteroatoms. The molecule has 1 amide bonds. The lowest BCUT2D eigenvalue weighted by Crippen LogP contribution is -2.35. The SMILES string of the molecule is C[C@H](NC(=O)OC(C)(C)C)c1nc2ccc(F)cc2cc1OS(=O)(=O)C(F)(F)F. The Morgan fingerprint density at radius 1 is 1.17 bits per heavy atom. The number of alkyl halides is 3. The lowest BCUT2D eigenvalue weighted by molar-refractivity contribution is -0.0500. The number of hydrogen-bond donors (Lipinski definition) is 1. The number of ether oxygens (including phenoxy) is 1. The van der Waals surface area contributed by atoms with Crippen molar-refractivity contribution < 1.29 is 39.7 Å². The molecule has 0 fully saturated rings. The van der Waals surface area contributed by atoms with Crippen molar-refractivity contribution in [3.8, 4) is 5.75 Å². The molecule has 0 radical (unpaired) electrons. The first-order chi connectivity index (χ1) is 13.1. The maximum absolute atomic E-state index is 13.4. The molecule has 0 aliphatic rings. The number of alkyl carbamates (subject to hydrolysis) is 1. The molecule has 0 spiro atoms. The van der Waals surface area contributed by atoms with Crippen LogP contribution in [0.1, 0.15) is 39.4 Å². The number of fused-ring (bicyclic) bond motifs is 1. The largest absolute Gasteiger partial charge is 0.534 e. The first kappa shape index (κ1) is 22.7. The van der Waals surface area contributed by atoms with Crippen molar-refractivity contribution in [3.05, 3.63) is 35.8 Å². The maximum atomic E-state index is 13.4. The average molecular weight is 438 g/mol. The van der Waals surface area contributed by atoms with Crippen LogP contribution in [-0.4, -0.2) is 30.6 Å². The predicted octanol–water partition coefficient (Wildman–Crippen LogP) is 4.19. The fraction of sp³-hybridized carbons (Fsp3) is 0.412. The number of nitrogens with one attached hydrogen (secondary N) is 1. The molecule has 1 N–H and O–H groups in total. The Hall–Kier alpha value is -2.63. The molecular formula is C17H18F4N2O5S. The van der Waals surface area contributed by atoms with Gasteiger partial charge in [0.25, 0.3) is 0 Å². The number of carbonyl (C=O) groups is 1. The van der Waals surface area contributed by atoms with Crippen LogP contribution in [0.3, 0.4) is 0 Å². The van der Waals surface area contributed by atoms with Gasteiger partial charge in [-0.1, -0.05) is 0 Å². The highest BCUT2D eigenvalue weighted by atomic mass is 32.2. The summed E-state index contributed by atoms with van der Waals surface area (Å²) in [5.41, 5.74) is -6.71. The van der Waals surface area contributed by atoms with E-state index in [-0.39, 0.29) is 16.6 Å². The minimum atomic E-state index is -6.02. The second kappa shape index (κ2) is 7.65. The minimum absolute atomic E-state index is 0.00518. The third kappa shape index (κ3) is 5.68. The van der Waals surface area contributed by atoms with Crippen LogP contribution in [-0.2, 0) is 14.9 Å².